The number of aromatic hydroxyl groups is 1. The Kier molecular flexibility index (Phi) is 5.45. The van der Waals surface area contributed by atoms with Crippen LogP contribution in [0.1, 0.15) is 32.6 Å². The number of aryl methyl sites for hydroxylation is 3. The fourth-order valence-electron chi connectivity index (χ4n) is 2.80. The molecular formula is C21H20N4O4. The number of aromatic amines is 1. The van der Waals surface area contributed by atoms with E-state index in [1.165, 1.54) is 0 Å². The standard InChI is InChI=1S/C21H20N4O4/c1-12-8-9-15(10-14(12)3)25-20(28)17(18(26)23-21(25)29)11-22-24-19(27)16-7-5-4-6-13(16)2/h4-11,28H,1-3H3,(H,24,27)(H,23,26,29). The molecule has 3 N–H and O–H groups in total. The van der Waals surface area contributed by atoms with Crippen LogP contribution in [0.5, 0.6) is 5.88 Å². The molecule has 3 aromatic rings. The molecule has 0 atom stereocenters. The molecule has 1 amide bonds. The van der Waals surface area contributed by atoms with E-state index in [1.54, 1.807) is 43.3 Å². The van der Waals surface area contributed by atoms with Crippen LogP contribution in [-0.2, 0) is 0 Å². The number of nitrogens with zero attached hydrogens (tertiary/aromatic N) is 2. The molecule has 0 aliphatic carbocycles. The molecule has 148 valence electrons. The van der Waals surface area contributed by atoms with E-state index in [4.69, 9.17) is 0 Å². The van der Waals surface area contributed by atoms with Gasteiger partial charge in [-0.3, -0.25) is 14.6 Å². The highest BCUT2D eigenvalue weighted by Crippen LogP contribution is 2.18. The summed E-state index contributed by atoms with van der Waals surface area (Å²) in [5, 5.41) is 14.3. The lowest BCUT2D eigenvalue weighted by Crippen LogP contribution is -2.31. The predicted octanol–water partition coefficient (Wildman–Crippen LogP) is 1.92. The van der Waals surface area contributed by atoms with Crippen LogP contribution in [0.15, 0.2) is 57.2 Å². The molecule has 3 rings (SSSR count). The SMILES string of the molecule is Cc1ccc(-n2c(O)c(C=NNC(=O)c3ccccc3C)c(=O)[nH]c2=O)cc1C. The number of aromatic nitrogens is 2. The first kappa shape index (κ1) is 19.8. The molecule has 0 aliphatic rings. The van der Waals surface area contributed by atoms with Gasteiger partial charge in [0, 0.05) is 5.56 Å². The maximum absolute atomic E-state index is 12.2. The van der Waals surface area contributed by atoms with Crippen molar-refractivity contribution in [1.82, 2.24) is 15.0 Å². The highest BCUT2D eigenvalue weighted by Gasteiger charge is 2.15. The Hall–Kier alpha value is -3.94. The minimum absolute atomic E-state index is 0.257. The largest absolute Gasteiger partial charge is 0.493 e. The van der Waals surface area contributed by atoms with E-state index < -0.39 is 23.0 Å². The Labute approximate surface area is 166 Å². The maximum Gasteiger partial charge on any atom is 0.335 e. The maximum atomic E-state index is 12.2. The van der Waals surface area contributed by atoms with Crippen LogP contribution in [0, 0.1) is 20.8 Å². The summed E-state index contributed by atoms with van der Waals surface area (Å²) in [6.45, 7) is 5.58. The third kappa shape index (κ3) is 4.01. The molecule has 29 heavy (non-hydrogen) atoms. The average molecular weight is 392 g/mol. The van der Waals surface area contributed by atoms with E-state index >= 15 is 0 Å². The fraction of sp³-hybridized carbons (Fsp3) is 0.143. The number of hydrazone groups is 1. The molecule has 1 heterocycles. The van der Waals surface area contributed by atoms with Crippen LogP contribution in [0.3, 0.4) is 0 Å². The Bertz CT molecular complexity index is 1240. The van der Waals surface area contributed by atoms with E-state index in [0.29, 0.717) is 11.3 Å². The number of rotatable bonds is 4. The lowest BCUT2D eigenvalue weighted by molar-refractivity contribution is 0.0954. The number of amides is 1. The topological polar surface area (TPSA) is 117 Å². The Morgan fingerprint density at radius 1 is 1.07 bits per heavy atom. The van der Waals surface area contributed by atoms with Crippen molar-refractivity contribution >= 4 is 12.1 Å². The third-order valence-electron chi connectivity index (χ3n) is 4.62. The van der Waals surface area contributed by atoms with Crippen molar-refractivity contribution < 1.29 is 9.90 Å². The van der Waals surface area contributed by atoms with E-state index in [1.807, 2.05) is 19.9 Å². The average Bonchev–Trinajstić information content (AvgIpc) is 2.67. The second kappa shape index (κ2) is 7.97. The van der Waals surface area contributed by atoms with Crippen LogP contribution in [0.2, 0.25) is 0 Å². The Morgan fingerprint density at radius 3 is 2.48 bits per heavy atom. The first-order chi connectivity index (χ1) is 13.8. The van der Waals surface area contributed by atoms with Gasteiger partial charge in [-0.15, -0.1) is 0 Å². The zero-order valence-corrected chi connectivity index (χ0v) is 16.2. The van der Waals surface area contributed by atoms with E-state index in [9.17, 15) is 19.5 Å². The highest BCUT2D eigenvalue weighted by molar-refractivity contribution is 5.96. The summed E-state index contributed by atoms with van der Waals surface area (Å²) in [7, 11) is 0. The summed E-state index contributed by atoms with van der Waals surface area (Å²) in [5.41, 5.74) is 3.99. The Morgan fingerprint density at radius 2 is 1.79 bits per heavy atom. The molecule has 1 aromatic heterocycles. The van der Waals surface area contributed by atoms with Gasteiger partial charge in [-0.25, -0.2) is 14.8 Å². The van der Waals surface area contributed by atoms with Crippen LogP contribution in [0.4, 0.5) is 0 Å². The molecule has 0 fully saturated rings. The monoisotopic (exact) mass is 392 g/mol. The number of hydrogen-bond donors (Lipinski definition) is 3. The number of carbonyl (C=O) groups is 1. The number of carbonyl (C=O) groups excluding carboxylic acids is 1. The smallest absolute Gasteiger partial charge is 0.335 e. The minimum atomic E-state index is -0.818. The Balaban J connectivity index is 1.96. The molecule has 0 spiro atoms. The summed E-state index contributed by atoms with van der Waals surface area (Å²) in [5.74, 6) is -1.03. The fourth-order valence-corrected chi connectivity index (χ4v) is 2.80. The molecule has 8 nitrogen and oxygen atoms in total. The van der Waals surface area contributed by atoms with Crippen LogP contribution in [-0.4, -0.2) is 26.8 Å². The molecule has 0 saturated heterocycles. The number of hydrogen-bond acceptors (Lipinski definition) is 5. The second-order valence-corrected chi connectivity index (χ2v) is 6.61. The third-order valence-corrected chi connectivity index (χ3v) is 4.62. The number of nitrogens with one attached hydrogen (secondary N) is 2. The molecule has 0 radical (unpaired) electrons. The highest BCUT2D eigenvalue weighted by atomic mass is 16.3. The van der Waals surface area contributed by atoms with Crippen molar-refractivity contribution in [2.75, 3.05) is 0 Å². The summed E-state index contributed by atoms with van der Waals surface area (Å²) >= 11 is 0. The van der Waals surface area contributed by atoms with Gasteiger partial charge >= 0.3 is 5.69 Å². The van der Waals surface area contributed by atoms with Crippen LogP contribution in [0.25, 0.3) is 5.69 Å². The number of benzene rings is 2. The van der Waals surface area contributed by atoms with Gasteiger partial charge in [0.15, 0.2) is 0 Å². The second-order valence-electron chi connectivity index (χ2n) is 6.61. The number of H-pyrrole nitrogens is 1. The predicted molar refractivity (Wildman–Crippen MR) is 110 cm³/mol. The zero-order valence-electron chi connectivity index (χ0n) is 16.2. The normalized spacial score (nSPS) is 11.0. The van der Waals surface area contributed by atoms with Gasteiger partial charge in [0.05, 0.1) is 11.9 Å². The van der Waals surface area contributed by atoms with Crippen molar-refractivity contribution in [3.05, 3.63) is 91.1 Å². The van der Waals surface area contributed by atoms with Crippen LogP contribution < -0.4 is 16.7 Å². The van der Waals surface area contributed by atoms with Gasteiger partial charge in [0.25, 0.3) is 11.5 Å². The summed E-state index contributed by atoms with van der Waals surface area (Å²) in [4.78, 5) is 38.7. The summed E-state index contributed by atoms with van der Waals surface area (Å²) < 4.78 is 0.971. The van der Waals surface area contributed by atoms with Gasteiger partial charge in [-0.05, 0) is 55.7 Å². The van der Waals surface area contributed by atoms with Crippen molar-refractivity contribution in [2.24, 2.45) is 5.10 Å². The van der Waals surface area contributed by atoms with Gasteiger partial charge in [-0.1, -0.05) is 24.3 Å². The molecular weight excluding hydrogens is 372 g/mol. The van der Waals surface area contributed by atoms with E-state index in [0.717, 1.165) is 27.5 Å². The van der Waals surface area contributed by atoms with Crippen molar-refractivity contribution in [3.63, 3.8) is 0 Å². The molecule has 2 aromatic carbocycles. The van der Waals surface area contributed by atoms with Crippen molar-refractivity contribution in [2.45, 2.75) is 20.8 Å². The minimum Gasteiger partial charge on any atom is -0.493 e. The van der Waals surface area contributed by atoms with Gasteiger partial charge in [-0.2, -0.15) is 5.10 Å². The first-order valence-electron chi connectivity index (χ1n) is 8.84. The first-order valence-corrected chi connectivity index (χ1v) is 8.84. The lowest BCUT2D eigenvalue weighted by atomic mass is 10.1. The summed E-state index contributed by atoms with van der Waals surface area (Å²) in [6.07, 6.45) is 1.00. The van der Waals surface area contributed by atoms with Gasteiger partial charge in [0.2, 0.25) is 5.88 Å². The van der Waals surface area contributed by atoms with Crippen molar-refractivity contribution in [3.8, 4) is 11.6 Å². The van der Waals surface area contributed by atoms with Crippen LogP contribution >= 0.6 is 0 Å². The van der Waals surface area contributed by atoms with Gasteiger partial charge < -0.3 is 5.11 Å². The summed E-state index contributed by atoms with van der Waals surface area (Å²) in [6, 6.07) is 12.1. The molecule has 8 heteroatoms. The van der Waals surface area contributed by atoms with E-state index in [-0.39, 0.29) is 5.56 Å². The molecule has 0 unspecified atom stereocenters. The molecule has 0 aliphatic heterocycles. The molecule has 0 bridgehead atoms. The molecule has 0 saturated carbocycles. The van der Waals surface area contributed by atoms with E-state index in [2.05, 4.69) is 15.5 Å². The lowest BCUT2D eigenvalue weighted by Gasteiger charge is -2.11. The van der Waals surface area contributed by atoms with Crippen molar-refractivity contribution in [1.29, 1.82) is 0 Å². The quantitative estimate of drug-likeness (QED) is 0.464. The zero-order chi connectivity index (χ0) is 21.1. The van der Waals surface area contributed by atoms with Gasteiger partial charge in [0.1, 0.15) is 5.56 Å².